The van der Waals surface area contributed by atoms with Crippen molar-refractivity contribution in [2.75, 3.05) is 0 Å². The zero-order chi connectivity index (χ0) is 22.1. The lowest BCUT2D eigenvalue weighted by Crippen LogP contribution is -2.36. The van der Waals surface area contributed by atoms with Gasteiger partial charge in [-0.2, -0.15) is 0 Å². The first-order valence-electron chi connectivity index (χ1n) is 13.4. The van der Waals surface area contributed by atoms with Crippen LogP contribution in [-0.4, -0.2) is 5.11 Å². The van der Waals surface area contributed by atoms with Crippen LogP contribution in [-0.2, 0) is 5.41 Å². The number of phenols is 1. The fourth-order valence-corrected chi connectivity index (χ4v) is 5.33. The minimum atomic E-state index is 0.289. The molecular weight excluding hydrogens is 364 g/mol. The molecule has 0 saturated carbocycles. The minimum Gasteiger partial charge on any atom is -0.508 e. The van der Waals surface area contributed by atoms with Gasteiger partial charge < -0.3 is 5.11 Å². The summed E-state index contributed by atoms with van der Waals surface area (Å²) >= 11 is 0. The molecule has 1 nitrogen and oxygen atoms in total. The molecule has 0 radical (unpaired) electrons. The highest BCUT2D eigenvalue weighted by molar-refractivity contribution is 5.32. The molecule has 0 heterocycles. The van der Waals surface area contributed by atoms with Crippen LogP contribution in [0, 0.1) is 5.92 Å². The highest BCUT2D eigenvalue weighted by Crippen LogP contribution is 2.46. The van der Waals surface area contributed by atoms with Crippen molar-refractivity contribution in [1.29, 1.82) is 0 Å². The number of benzene rings is 1. The monoisotopic (exact) mass is 416 g/mol. The summed E-state index contributed by atoms with van der Waals surface area (Å²) in [6.45, 7) is 9.30. The molecule has 0 aliphatic rings. The molecule has 0 saturated heterocycles. The molecule has 0 bridgehead atoms. The number of rotatable bonds is 19. The third-order valence-corrected chi connectivity index (χ3v) is 7.24. The van der Waals surface area contributed by atoms with E-state index in [1.54, 1.807) is 0 Å². The third-order valence-electron chi connectivity index (χ3n) is 7.24. The first kappa shape index (κ1) is 27.1. The van der Waals surface area contributed by atoms with Crippen molar-refractivity contribution >= 4 is 0 Å². The molecule has 1 rings (SSSR count). The number of unbranched alkanes of at least 4 members (excludes halogenated alkanes) is 9. The molecule has 1 heteroatoms. The normalized spacial score (nSPS) is 12.9. The Labute approximate surface area is 189 Å². The molecule has 0 aliphatic carbocycles. The lowest BCUT2D eigenvalue weighted by atomic mass is 9.61. The molecule has 174 valence electrons. The molecule has 0 aliphatic heterocycles. The summed E-state index contributed by atoms with van der Waals surface area (Å²) in [5.41, 5.74) is 1.78. The van der Waals surface area contributed by atoms with Crippen LogP contribution in [0.4, 0.5) is 0 Å². The molecule has 0 amide bonds. The Kier molecular flexibility index (Phi) is 15.0. The molecule has 1 N–H and O–H groups in total. The van der Waals surface area contributed by atoms with Crippen molar-refractivity contribution in [3.8, 4) is 5.75 Å². The predicted octanol–water partition coefficient (Wildman–Crippen LogP) is 9.96. The van der Waals surface area contributed by atoms with Crippen LogP contribution in [0.5, 0.6) is 5.75 Å². The van der Waals surface area contributed by atoms with E-state index in [0.717, 1.165) is 5.92 Å². The lowest BCUT2D eigenvalue weighted by molar-refractivity contribution is 0.187. The second-order valence-corrected chi connectivity index (χ2v) is 9.66. The molecule has 0 fully saturated rings. The molecule has 1 unspecified atom stereocenters. The fourth-order valence-electron chi connectivity index (χ4n) is 5.33. The van der Waals surface area contributed by atoms with Gasteiger partial charge in [0.2, 0.25) is 0 Å². The number of hydrogen-bond acceptors (Lipinski definition) is 1. The Morgan fingerprint density at radius 2 is 1.07 bits per heavy atom. The van der Waals surface area contributed by atoms with Crippen molar-refractivity contribution in [2.45, 2.75) is 142 Å². The summed E-state index contributed by atoms with van der Waals surface area (Å²) in [4.78, 5) is 0. The summed E-state index contributed by atoms with van der Waals surface area (Å²) in [5, 5.41) is 9.92. The molecule has 0 spiro atoms. The van der Waals surface area contributed by atoms with Crippen molar-refractivity contribution in [3.05, 3.63) is 29.8 Å². The van der Waals surface area contributed by atoms with Gasteiger partial charge in [0.25, 0.3) is 0 Å². The van der Waals surface area contributed by atoms with Gasteiger partial charge in [-0.05, 0) is 54.7 Å². The Balaban J connectivity index is 3.01. The fraction of sp³-hybridized carbons (Fsp3) is 0.793. The van der Waals surface area contributed by atoms with Gasteiger partial charge in [-0.1, -0.05) is 123 Å². The standard InChI is InChI=1S/C29H52O/c1-5-9-13-14-15-16-17-19-26(18-10-6-2)29(24-11-7-3,25-12-8-4)27-20-22-28(30)23-21-27/h20-23,26,30H,5-19,24-25H2,1-4H3. The maximum Gasteiger partial charge on any atom is 0.115 e. The van der Waals surface area contributed by atoms with Crippen molar-refractivity contribution < 1.29 is 5.11 Å². The van der Waals surface area contributed by atoms with E-state index < -0.39 is 0 Å². The second kappa shape index (κ2) is 16.7. The summed E-state index contributed by atoms with van der Waals surface area (Å²) in [5.74, 6) is 1.17. The Morgan fingerprint density at radius 3 is 1.60 bits per heavy atom. The van der Waals surface area contributed by atoms with Gasteiger partial charge in [0, 0.05) is 0 Å². The van der Waals surface area contributed by atoms with Crippen LogP contribution >= 0.6 is 0 Å². The third kappa shape index (κ3) is 9.44. The largest absolute Gasteiger partial charge is 0.508 e. The van der Waals surface area contributed by atoms with E-state index in [0.29, 0.717) is 5.75 Å². The van der Waals surface area contributed by atoms with Crippen LogP contribution in [0.1, 0.15) is 142 Å². The first-order valence-corrected chi connectivity index (χ1v) is 13.4. The summed E-state index contributed by atoms with van der Waals surface area (Å²) < 4.78 is 0. The van der Waals surface area contributed by atoms with E-state index in [-0.39, 0.29) is 5.41 Å². The van der Waals surface area contributed by atoms with E-state index in [1.165, 1.54) is 115 Å². The highest BCUT2D eigenvalue weighted by Gasteiger charge is 2.38. The molecule has 1 aromatic rings. The Bertz CT molecular complexity index is 496. The minimum absolute atomic E-state index is 0.289. The first-order chi connectivity index (χ1) is 14.6. The van der Waals surface area contributed by atoms with Gasteiger partial charge >= 0.3 is 0 Å². The van der Waals surface area contributed by atoms with Crippen molar-refractivity contribution in [3.63, 3.8) is 0 Å². The number of phenolic OH excluding ortho intramolecular Hbond substituents is 1. The number of aromatic hydroxyl groups is 1. The summed E-state index contributed by atoms with van der Waals surface area (Å²) in [7, 11) is 0. The van der Waals surface area contributed by atoms with E-state index in [2.05, 4.69) is 39.8 Å². The van der Waals surface area contributed by atoms with Crippen LogP contribution in [0.2, 0.25) is 0 Å². The second-order valence-electron chi connectivity index (χ2n) is 9.66. The molecular formula is C29H52O. The maximum atomic E-state index is 9.92. The molecule has 30 heavy (non-hydrogen) atoms. The van der Waals surface area contributed by atoms with Crippen molar-refractivity contribution in [1.82, 2.24) is 0 Å². The Hall–Kier alpha value is -0.980. The molecule has 1 atom stereocenters. The zero-order valence-corrected chi connectivity index (χ0v) is 20.9. The Morgan fingerprint density at radius 1 is 0.600 bits per heavy atom. The van der Waals surface area contributed by atoms with Crippen LogP contribution < -0.4 is 0 Å². The van der Waals surface area contributed by atoms with Crippen LogP contribution in [0.25, 0.3) is 0 Å². The van der Waals surface area contributed by atoms with Crippen LogP contribution in [0.15, 0.2) is 24.3 Å². The van der Waals surface area contributed by atoms with Crippen LogP contribution in [0.3, 0.4) is 0 Å². The van der Waals surface area contributed by atoms with Crippen molar-refractivity contribution in [2.24, 2.45) is 5.92 Å². The number of hydrogen-bond donors (Lipinski definition) is 1. The lowest BCUT2D eigenvalue weighted by Gasteiger charge is -2.43. The summed E-state index contributed by atoms with van der Waals surface area (Å²) in [6.07, 6.45) is 22.9. The zero-order valence-electron chi connectivity index (χ0n) is 20.9. The van der Waals surface area contributed by atoms with E-state index >= 15 is 0 Å². The van der Waals surface area contributed by atoms with Gasteiger partial charge in [-0.3, -0.25) is 0 Å². The molecule has 0 aromatic heterocycles. The summed E-state index contributed by atoms with van der Waals surface area (Å²) in [6, 6.07) is 8.33. The van der Waals surface area contributed by atoms with Gasteiger partial charge in [0.15, 0.2) is 0 Å². The highest BCUT2D eigenvalue weighted by atomic mass is 16.3. The van der Waals surface area contributed by atoms with Gasteiger partial charge in [-0.25, -0.2) is 0 Å². The van der Waals surface area contributed by atoms with E-state index in [1.807, 2.05) is 12.1 Å². The quantitative estimate of drug-likeness (QED) is 0.222. The topological polar surface area (TPSA) is 20.2 Å². The van der Waals surface area contributed by atoms with Gasteiger partial charge in [0.05, 0.1) is 0 Å². The van der Waals surface area contributed by atoms with E-state index in [9.17, 15) is 5.11 Å². The maximum absolute atomic E-state index is 9.92. The SMILES string of the molecule is CCCCCCCCCC(CCCC)C(CCCC)(CCCC)c1ccc(O)cc1. The smallest absolute Gasteiger partial charge is 0.115 e. The van der Waals surface area contributed by atoms with E-state index in [4.69, 9.17) is 0 Å². The average molecular weight is 417 g/mol. The predicted molar refractivity (Wildman–Crippen MR) is 134 cm³/mol. The van der Waals surface area contributed by atoms with Gasteiger partial charge in [0.1, 0.15) is 5.75 Å². The van der Waals surface area contributed by atoms with Gasteiger partial charge in [-0.15, -0.1) is 0 Å². The molecule has 1 aromatic carbocycles. The average Bonchev–Trinajstić information content (AvgIpc) is 2.76.